The molecule has 0 amide bonds. The Morgan fingerprint density at radius 2 is 2.12 bits per heavy atom. The van der Waals surface area contributed by atoms with Gasteiger partial charge in [0.15, 0.2) is 0 Å². The molecule has 168 valence electrons. The number of hydrogen-bond acceptors (Lipinski definition) is 4. The Kier molecular flexibility index (Phi) is 6.42. The first-order chi connectivity index (χ1) is 16.2. The number of aromatic amines is 1. The normalized spacial score (nSPS) is 15.5. The minimum atomic E-state index is -0.326. The van der Waals surface area contributed by atoms with Crippen molar-refractivity contribution in [3.05, 3.63) is 99.4 Å². The Hall–Kier alpha value is -3.15. The number of methoxy groups -OCH3 is 1. The van der Waals surface area contributed by atoms with Crippen molar-refractivity contribution in [3.8, 4) is 0 Å². The van der Waals surface area contributed by atoms with Gasteiger partial charge >= 0.3 is 5.97 Å². The van der Waals surface area contributed by atoms with Crippen LogP contribution in [0.25, 0.3) is 17.0 Å². The van der Waals surface area contributed by atoms with Crippen molar-refractivity contribution in [2.24, 2.45) is 0 Å². The van der Waals surface area contributed by atoms with Crippen LogP contribution in [0.15, 0.2) is 72.3 Å². The van der Waals surface area contributed by atoms with E-state index in [4.69, 9.17) is 4.74 Å². The molecule has 2 heterocycles. The third kappa shape index (κ3) is 4.80. The number of ether oxygens (including phenoxy) is 1. The largest absolute Gasteiger partial charge is 0.466 e. The third-order valence-corrected chi connectivity index (χ3v) is 7.41. The van der Waals surface area contributed by atoms with Crippen molar-refractivity contribution >= 4 is 34.3 Å². The van der Waals surface area contributed by atoms with Crippen LogP contribution in [0.3, 0.4) is 0 Å². The predicted octanol–water partition coefficient (Wildman–Crippen LogP) is 6.15. The van der Waals surface area contributed by atoms with E-state index in [9.17, 15) is 4.79 Å². The number of thiophene rings is 1. The van der Waals surface area contributed by atoms with E-state index in [2.05, 4.69) is 76.1 Å². The second-order valence-electron chi connectivity index (χ2n) is 8.53. The van der Waals surface area contributed by atoms with Crippen LogP contribution in [0, 0.1) is 0 Å². The lowest BCUT2D eigenvalue weighted by Crippen LogP contribution is -2.29. The number of benzene rings is 2. The average molecular weight is 457 g/mol. The van der Waals surface area contributed by atoms with E-state index in [-0.39, 0.29) is 5.97 Å². The Bertz CT molecular complexity index is 1270. The van der Waals surface area contributed by atoms with Crippen molar-refractivity contribution < 1.29 is 9.53 Å². The molecule has 1 aliphatic carbocycles. The average Bonchev–Trinajstić information content (AvgIpc) is 3.60. The van der Waals surface area contributed by atoms with Crippen molar-refractivity contribution in [2.45, 2.75) is 31.8 Å². The lowest BCUT2D eigenvalue weighted by molar-refractivity contribution is -0.134. The molecule has 4 nitrogen and oxygen atoms in total. The molecule has 1 N–H and O–H groups in total. The maximum Gasteiger partial charge on any atom is 0.330 e. The number of nitrogens with one attached hydrogen (secondary N) is 1. The van der Waals surface area contributed by atoms with E-state index < -0.39 is 0 Å². The fourth-order valence-electron chi connectivity index (χ4n) is 4.88. The number of para-hydroxylation sites is 1. The zero-order valence-corrected chi connectivity index (χ0v) is 19.6. The summed E-state index contributed by atoms with van der Waals surface area (Å²) >= 11 is 1.83. The molecule has 0 spiro atoms. The molecule has 2 aromatic carbocycles. The molecule has 0 saturated heterocycles. The van der Waals surface area contributed by atoms with Crippen molar-refractivity contribution in [3.63, 3.8) is 0 Å². The monoisotopic (exact) mass is 456 g/mol. The molecule has 0 aliphatic heterocycles. The van der Waals surface area contributed by atoms with E-state index in [1.807, 2.05) is 17.4 Å². The van der Waals surface area contributed by atoms with Crippen molar-refractivity contribution in [1.82, 2.24) is 9.88 Å². The number of fused-ring (bicyclic) bond motifs is 2. The number of H-pyrrole nitrogens is 1. The molecule has 0 fully saturated rings. The molecule has 5 heteroatoms. The summed E-state index contributed by atoms with van der Waals surface area (Å²) in [5.74, 6) is -0.326. The summed E-state index contributed by atoms with van der Waals surface area (Å²) in [7, 11) is 1.40. The Morgan fingerprint density at radius 3 is 2.97 bits per heavy atom. The molecule has 1 unspecified atom stereocenters. The first kappa shape index (κ1) is 21.7. The van der Waals surface area contributed by atoms with Gasteiger partial charge in [-0.25, -0.2) is 4.79 Å². The number of esters is 1. The minimum Gasteiger partial charge on any atom is -0.466 e. The number of hydrogen-bond donors (Lipinski definition) is 1. The summed E-state index contributed by atoms with van der Waals surface area (Å²) in [5, 5.41) is 3.48. The molecular formula is C28H28N2O2S. The van der Waals surface area contributed by atoms with Gasteiger partial charge in [0.1, 0.15) is 0 Å². The van der Waals surface area contributed by atoms with Gasteiger partial charge in [0.25, 0.3) is 0 Å². The maximum absolute atomic E-state index is 11.4. The Labute approximate surface area is 198 Å². The molecular weight excluding hydrogens is 428 g/mol. The molecule has 0 radical (unpaired) electrons. The number of nitrogens with zero attached hydrogens (tertiary/aromatic N) is 1. The standard InChI is InChI=1S/C28H28N2O2S/c1-32-28(31)13-9-20-8-11-25-21(17-20)10-12-27(25)30(19-23-5-4-16-33-23)15-14-22-18-29-26-7-3-2-6-24(22)26/h2-9,11,13,16-18,27,29H,10,12,14-15,19H2,1H3. The fraction of sp³-hybridized carbons (Fsp3) is 0.250. The molecule has 1 atom stereocenters. The van der Waals surface area contributed by atoms with Crippen LogP contribution in [0.5, 0.6) is 0 Å². The van der Waals surface area contributed by atoms with E-state index in [1.54, 1.807) is 0 Å². The highest BCUT2D eigenvalue weighted by atomic mass is 32.1. The molecule has 33 heavy (non-hydrogen) atoms. The van der Waals surface area contributed by atoms with Gasteiger partial charge in [-0.15, -0.1) is 11.3 Å². The van der Waals surface area contributed by atoms with Crippen molar-refractivity contribution in [1.29, 1.82) is 0 Å². The van der Waals surface area contributed by atoms with Gasteiger partial charge < -0.3 is 9.72 Å². The zero-order chi connectivity index (χ0) is 22.6. The van der Waals surface area contributed by atoms with Gasteiger partial charge in [0.05, 0.1) is 7.11 Å². The highest BCUT2D eigenvalue weighted by Crippen LogP contribution is 2.38. The topological polar surface area (TPSA) is 45.3 Å². The van der Waals surface area contributed by atoms with Gasteiger partial charge in [-0.05, 0) is 65.1 Å². The number of carbonyl (C=O) groups excluding carboxylic acids is 1. The highest BCUT2D eigenvalue weighted by molar-refractivity contribution is 7.09. The molecule has 1 aliphatic rings. The summed E-state index contributed by atoms with van der Waals surface area (Å²) in [5.41, 5.74) is 6.43. The summed E-state index contributed by atoms with van der Waals surface area (Å²) in [6.45, 7) is 1.97. The molecule has 5 rings (SSSR count). The lowest BCUT2D eigenvalue weighted by Gasteiger charge is -2.29. The predicted molar refractivity (Wildman–Crippen MR) is 135 cm³/mol. The molecule has 0 saturated carbocycles. The second-order valence-corrected chi connectivity index (χ2v) is 9.56. The van der Waals surface area contributed by atoms with Gasteiger partial charge in [-0.1, -0.05) is 42.5 Å². The van der Waals surface area contributed by atoms with Crippen LogP contribution in [0.1, 0.15) is 39.6 Å². The highest BCUT2D eigenvalue weighted by Gasteiger charge is 2.28. The smallest absolute Gasteiger partial charge is 0.330 e. The minimum absolute atomic E-state index is 0.326. The van der Waals surface area contributed by atoms with Crippen LogP contribution in [0.2, 0.25) is 0 Å². The summed E-state index contributed by atoms with van der Waals surface area (Å²) in [6.07, 6.45) is 8.68. The zero-order valence-electron chi connectivity index (χ0n) is 18.8. The molecule has 2 aromatic heterocycles. The van der Waals surface area contributed by atoms with Crippen LogP contribution in [-0.4, -0.2) is 29.5 Å². The molecule has 0 bridgehead atoms. The first-order valence-corrected chi connectivity index (χ1v) is 12.3. The number of carbonyl (C=O) groups is 1. The van der Waals surface area contributed by atoms with E-state index in [1.165, 1.54) is 45.7 Å². The van der Waals surface area contributed by atoms with Gasteiger partial charge in [0, 0.05) is 47.2 Å². The quantitative estimate of drug-likeness (QED) is 0.256. The maximum atomic E-state index is 11.4. The van der Waals surface area contributed by atoms with Crippen LogP contribution >= 0.6 is 11.3 Å². The molecule has 4 aromatic rings. The van der Waals surface area contributed by atoms with Gasteiger partial charge in [0.2, 0.25) is 0 Å². The van der Waals surface area contributed by atoms with Crippen LogP contribution in [0.4, 0.5) is 0 Å². The van der Waals surface area contributed by atoms with Crippen LogP contribution in [-0.2, 0) is 28.9 Å². The summed E-state index contributed by atoms with van der Waals surface area (Å²) < 4.78 is 4.71. The second kappa shape index (κ2) is 9.77. The van der Waals surface area contributed by atoms with E-state index in [0.29, 0.717) is 6.04 Å². The van der Waals surface area contributed by atoms with Crippen LogP contribution < -0.4 is 0 Å². The third-order valence-electron chi connectivity index (χ3n) is 6.55. The van der Waals surface area contributed by atoms with Crippen molar-refractivity contribution in [2.75, 3.05) is 13.7 Å². The fourth-order valence-corrected chi connectivity index (χ4v) is 5.61. The van der Waals surface area contributed by atoms with E-state index >= 15 is 0 Å². The van der Waals surface area contributed by atoms with Gasteiger partial charge in [-0.2, -0.15) is 0 Å². The SMILES string of the molecule is COC(=O)C=Cc1ccc2c(c1)CCC2N(CCc1c[nH]c2ccccc12)Cc1cccs1. The Morgan fingerprint density at radius 1 is 1.21 bits per heavy atom. The number of aryl methyl sites for hydroxylation is 1. The number of aromatic nitrogens is 1. The first-order valence-electron chi connectivity index (χ1n) is 11.4. The summed E-state index contributed by atoms with van der Waals surface area (Å²) in [6, 6.07) is 19.9. The number of rotatable bonds is 8. The van der Waals surface area contributed by atoms with Gasteiger partial charge in [-0.3, -0.25) is 4.90 Å². The lowest BCUT2D eigenvalue weighted by atomic mass is 10.0. The van der Waals surface area contributed by atoms with E-state index in [0.717, 1.165) is 37.9 Å². The Balaban J connectivity index is 1.37. The summed E-state index contributed by atoms with van der Waals surface area (Å²) in [4.78, 5) is 18.9.